The number of aryl methyl sites for hydroxylation is 1. The largest absolute Gasteiger partial charge is 0.494 e. The Bertz CT molecular complexity index is 958. The Morgan fingerprint density at radius 3 is 2.20 bits per heavy atom. The van der Waals surface area contributed by atoms with Crippen LogP contribution in [0.4, 0.5) is 36.3 Å². The number of unbranched alkanes of at least 4 members (excludes halogenated alkanes) is 1. The van der Waals surface area contributed by atoms with Gasteiger partial charge in [0.1, 0.15) is 17.1 Å². The number of aromatic nitrogens is 2. The Hall–Kier alpha value is -3.29. The second-order valence-electron chi connectivity index (χ2n) is 6.80. The van der Waals surface area contributed by atoms with Crippen LogP contribution in [0.25, 0.3) is 0 Å². The Kier molecular flexibility index (Phi) is 6.76. The summed E-state index contributed by atoms with van der Waals surface area (Å²) < 4.78 is 45.9. The third-order valence-electron chi connectivity index (χ3n) is 4.29. The van der Waals surface area contributed by atoms with Crippen LogP contribution in [0.5, 0.6) is 5.75 Å². The molecule has 1 heterocycles. The van der Waals surface area contributed by atoms with Gasteiger partial charge in [0, 0.05) is 17.6 Å². The van der Waals surface area contributed by atoms with Gasteiger partial charge in [0.25, 0.3) is 0 Å². The van der Waals surface area contributed by atoms with Crippen molar-refractivity contribution in [1.29, 1.82) is 0 Å². The average molecular weight is 416 g/mol. The molecule has 0 aliphatic heterocycles. The minimum atomic E-state index is -4.59. The molecule has 0 amide bonds. The van der Waals surface area contributed by atoms with E-state index in [2.05, 4.69) is 27.5 Å². The molecule has 2 aromatic carbocycles. The predicted molar refractivity (Wildman–Crippen MR) is 112 cm³/mol. The van der Waals surface area contributed by atoms with E-state index in [1.165, 1.54) is 0 Å². The average Bonchev–Trinajstić information content (AvgIpc) is 2.70. The Labute approximate surface area is 173 Å². The first-order valence-electron chi connectivity index (χ1n) is 9.63. The van der Waals surface area contributed by atoms with Gasteiger partial charge in [0.15, 0.2) is 0 Å². The number of rotatable bonds is 8. The van der Waals surface area contributed by atoms with Crippen molar-refractivity contribution in [1.82, 2.24) is 9.97 Å². The Morgan fingerprint density at radius 1 is 0.933 bits per heavy atom. The van der Waals surface area contributed by atoms with Gasteiger partial charge in [-0.05, 0) is 49.7 Å². The highest BCUT2D eigenvalue weighted by molar-refractivity contribution is 5.63. The van der Waals surface area contributed by atoms with E-state index in [9.17, 15) is 13.2 Å². The van der Waals surface area contributed by atoms with Crippen LogP contribution < -0.4 is 15.4 Å². The fraction of sp³-hybridized carbons (Fsp3) is 0.273. The van der Waals surface area contributed by atoms with Crippen LogP contribution in [0.2, 0.25) is 0 Å². The van der Waals surface area contributed by atoms with Crippen molar-refractivity contribution >= 4 is 23.1 Å². The van der Waals surface area contributed by atoms with Crippen molar-refractivity contribution in [3.05, 3.63) is 65.9 Å². The summed E-state index contributed by atoms with van der Waals surface area (Å²) in [5, 5.41) is 5.67. The van der Waals surface area contributed by atoms with Gasteiger partial charge in [-0.2, -0.15) is 18.2 Å². The molecular weight excluding hydrogens is 393 g/mol. The molecule has 0 spiro atoms. The lowest BCUT2D eigenvalue weighted by Crippen LogP contribution is -2.12. The fourth-order valence-corrected chi connectivity index (χ4v) is 2.62. The van der Waals surface area contributed by atoms with Crippen LogP contribution in [0.15, 0.2) is 54.7 Å². The highest BCUT2D eigenvalue weighted by Crippen LogP contribution is 2.35. The van der Waals surface area contributed by atoms with Crippen LogP contribution >= 0.6 is 0 Å². The molecule has 0 unspecified atom stereocenters. The summed E-state index contributed by atoms with van der Waals surface area (Å²) in [6.45, 7) is 4.61. The second kappa shape index (κ2) is 9.47. The zero-order chi connectivity index (χ0) is 21.6. The Balaban J connectivity index is 1.81. The van der Waals surface area contributed by atoms with Gasteiger partial charge in [-0.15, -0.1) is 0 Å². The summed E-state index contributed by atoms with van der Waals surface area (Å²) in [6, 6.07) is 14.1. The fourth-order valence-electron chi connectivity index (χ4n) is 2.62. The van der Waals surface area contributed by atoms with E-state index in [1.54, 1.807) is 36.4 Å². The van der Waals surface area contributed by atoms with Crippen LogP contribution in [-0.2, 0) is 6.18 Å². The number of alkyl halides is 3. The number of hydrogen-bond donors (Lipinski definition) is 2. The maximum atomic E-state index is 13.4. The lowest BCUT2D eigenvalue weighted by atomic mass is 10.2. The molecule has 158 valence electrons. The maximum absolute atomic E-state index is 13.4. The first kappa shape index (κ1) is 21.4. The maximum Gasteiger partial charge on any atom is 0.421 e. The van der Waals surface area contributed by atoms with Gasteiger partial charge in [-0.1, -0.05) is 31.0 Å². The number of nitrogens with zero attached hydrogens (tertiary/aromatic N) is 2. The monoisotopic (exact) mass is 416 g/mol. The quantitative estimate of drug-likeness (QED) is 0.412. The highest BCUT2D eigenvalue weighted by Gasteiger charge is 2.35. The van der Waals surface area contributed by atoms with E-state index in [0.717, 1.165) is 24.6 Å². The summed E-state index contributed by atoms with van der Waals surface area (Å²) in [6.07, 6.45) is -1.86. The molecule has 0 saturated carbocycles. The lowest BCUT2D eigenvalue weighted by Gasteiger charge is -2.15. The van der Waals surface area contributed by atoms with Crippen molar-refractivity contribution in [2.24, 2.45) is 0 Å². The molecule has 5 nitrogen and oxygen atoms in total. The van der Waals surface area contributed by atoms with E-state index in [4.69, 9.17) is 4.74 Å². The molecule has 8 heteroatoms. The molecular formula is C22H23F3N4O. The van der Waals surface area contributed by atoms with Crippen molar-refractivity contribution in [3.8, 4) is 5.75 Å². The van der Waals surface area contributed by atoms with Gasteiger partial charge in [0.05, 0.1) is 6.61 Å². The van der Waals surface area contributed by atoms with Crippen LogP contribution in [0.3, 0.4) is 0 Å². The molecule has 0 fully saturated rings. The lowest BCUT2D eigenvalue weighted by molar-refractivity contribution is -0.137. The minimum absolute atomic E-state index is 0.0638. The summed E-state index contributed by atoms with van der Waals surface area (Å²) in [5.74, 6) is 0.398. The SMILES string of the molecule is CCCCOc1ccc(Nc2nc(Nc3ccc(C)cc3)ncc2C(F)(F)F)cc1. The van der Waals surface area contributed by atoms with Gasteiger partial charge >= 0.3 is 6.18 Å². The molecule has 2 N–H and O–H groups in total. The zero-order valence-corrected chi connectivity index (χ0v) is 16.8. The van der Waals surface area contributed by atoms with Crippen LogP contribution in [0, 0.1) is 6.92 Å². The van der Waals surface area contributed by atoms with Crippen LogP contribution in [-0.4, -0.2) is 16.6 Å². The zero-order valence-electron chi connectivity index (χ0n) is 16.8. The smallest absolute Gasteiger partial charge is 0.421 e. The van der Waals surface area contributed by atoms with E-state index >= 15 is 0 Å². The van der Waals surface area contributed by atoms with Crippen molar-refractivity contribution < 1.29 is 17.9 Å². The van der Waals surface area contributed by atoms with E-state index in [1.807, 2.05) is 19.1 Å². The van der Waals surface area contributed by atoms with Gasteiger partial charge in [-0.3, -0.25) is 0 Å². The van der Waals surface area contributed by atoms with Crippen molar-refractivity contribution in [3.63, 3.8) is 0 Å². The highest BCUT2D eigenvalue weighted by atomic mass is 19.4. The molecule has 0 bridgehead atoms. The van der Waals surface area contributed by atoms with E-state index in [0.29, 0.717) is 23.7 Å². The first-order chi connectivity index (χ1) is 14.3. The third kappa shape index (κ3) is 5.85. The number of benzene rings is 2. The van der Waals surface area contributed by atoms with Gasteiger partial charge in [-0.25, -0.2) is 4.98 Å². The van der Waals surface area contributed by atoms with Gasteiger partial charge < -0.3 is 15.4 Å². The number of halogens is 3. The topological polar surface area (TPSA) is 59.1 Å². The standard InChI is InChI=1S/C22H23F3N4O/c1-3-4-13-30-18-11-9-16(10-12-18)27-20-19(22(23,24)25)14-26-21(29-20)28-17-7-5-15(2)6-8-17/h5-12,14H,3-4,13H2,1-2H3,(H2,26,27,28,29). The van der Waals surface area contributed by atoms with Crippen molar-refractivity contribution in [2.75, 3.05) is 17.2 Å². The molecule has 0 aliphatic carbocycles. The summed E-state index contributed by atoms with van der Waals surface area (Å²) in [4.78, 5) is 7.87. The molecule has 0 saturated heterocycles. The van der Waals surface area contributed by atoms with E-state index in [-0.39, 0.29) is 11.8 Å². The normalized spacial score (nSPS) is 11.2. The molecule has 1 aromatic heterocycles. The summed E-state index contributed by atoms with van der Waals surface area (Å²) in [7, 11) is 0. The summed E-state index contributed by atoms with van der Waals surface area (Å²) >= 11 is 0. The molecule has 0 atom stereocenters. The van der Waals surface area contributed by atoms with Crippen molar-refractivity contribution in [2.45, 2.75) is 32.9 Å². The number of anilines is 4. The molecule has 0 aliphatic rings. The molecule has 3 rings (SSSR count). The minimum Gasteiger partial charge on any atom is -0.494 e. The van der Waals surface area contributed by atoms with Crippen LogP contribution in [0.1, 0.15) is 30.9 Å². The number of ether oxygens (including phenoxy) is 1. The number of nitrogens with one attached hydrogen (secondary N) is 2. The van der Waals surface area contributed by atoms with E-state index < -0.39 is 11.7 Å². The van der Waals surface area contributed by atoms with Gasteiger partial charge in [0.2, 0.25) is 5.95 Å². The number of hydrogen-bond acceptors (Lipinski definition) is 5. The molecule has 30 heavy (non-hydrogen) atoms. The Morgan fingerprint density at radius 2 is 1.57 bits per heavy atom. The molecule has 0 radical (unpaired) electrons. The molecule has 3 aromatic rings. The predicted octanol–water partition coefficient (Wildman–Crippen LogP) is 6.47. The second-order valence-corrected chi connectivity index (χ2v) is 6.80. The summed E-state index contributed by atoms with van der Waals surface area (Å²) in [5.41, 5.74) is 1.27. The first-order valence-corrected chi connectivity index (χ1v) is 9.63. The third-order valence-corrected chi connectivity index (χ3v) is 4.29.